The molecule has 2 saturated heterocycles. The van der Waals surface area contributed by atoms with Gasteiger partial charge in [-0.05, 0) is 64.7 Å². The van der Waals surface area contributed by atoms with E-state index in [9.17, 15) is 14.4 Å². The fourth-order valence-electron chi connectivity index (χ4n) is 5.13. The zero-order valence-electron chi connectivity index (χ0n) is 20.9. The number of piperazine rings is 1. The van der Waals surface area contributed by atoms with Crippen LogP contribution in [0.15, 0.2) is 18.2 Å². The second-order valence-electron chi connectivity index (χ2n) is 10.9. The summed E-state index contributed by atoms with van der Waals surface area (Å²) in [6, 6.07) is 5.66. The Morgan fingerprint density at radius 3 is 2.12 bits per heavy atom. The summed E-state index contributed by atoms with van der Waals surface area (Å²) >= 11 is 0. The van der Waals surface area contributed by atoms with Crippen LogP contribution in [-0.4, -0.2) is 72.5 Å². The number of rotatable bonds is 4. The third-order valence-electron chi connectivity index (χ3n) is 7.00. The number of amides is 4. The molecule has 186 valence electrons. The first kappa shape index (κ1) is 24.4. The van der Waals surface area contributed by atoms with Crippen molar-refractivity contribution in [2.75, 3.05) is 49.5 Å². The maximum atomic E-state index is 13.4. The lowest BCUT2D eigenvalue weighted by molar-refractivity contribution is -0.119. The minimum Gasteiger partial charge on any atom is -0.367 e. The third-order valence-corrected chi connectivity index (χ3v) is 7.00. The summed E-state index contributed by atoms with van der Waals surface area (Å²) in [4.78, 5) is 44.6. The molecule has 8 nitrogen and oxygen atoms in total. The fourth-order valence-corrected chi connectivity index (χ4v) is 5.13. The van der Waals surface area contributed by atoms with E-state index < -0.39 is 0 Å². The summed E-state index contributed by atoms with van der Waals surface area (Å²) in [7, 11) is 0. The van der Waals surface area contributed by atoms with Gasteiger partial charge in [-0.15, -0.1) is 0 Å². The van der Waals surface area contributed by atoms with E-state index >= 15 is 0 Å². The Morgan fingerprint density at radius 1 is 0.853 bits per heavy atom. The number of carbonyl (C=O) groups excluding carboxylic acids is 3. The van der Waals surface area contributed by atoms with E-state index in [0.29, 0.717) is 37.4 Å². The third kappa shape index (κ3) is 5.83. The topological polar surface area (TPSA) is 85.0 Å². The van der Waals surface area contributed by atoms with Crippen LogP contribution in [0.2, 0.25) is 0 Å². The molecule has 1 saturated carbocycles. The zero-order chi connectivity index (χ0) is 24.3. The number of nitrogens with zero attached hydrogens (tertiary/aromatic N) is 3. The Balaban J connectivity index is 1.50. The summed E-state index contributed by atoms with van der Waals surface area (Å²) in [6.45, 7) is 9.99. The molecule has 2 N–H and O–H groups in total. The fraction of sp³-hybridized carbons (Fsp3) is 0.654. The molecule has 8 heteroatoms. The molecule has 3 aliphatic rings. The first-order valence-electron chi connectivity index (χ1n) is 12.8. The number of hydrogen-bond donors (Lipinski definition) is 2. The maximum Gasteiger partial charge on any atom is 0.317 e. The largest absolute Gasteiger partial charge is 0.367 e. The molecule has 0 unspecified atom stereocenters. The smallest absolute Gasteiger partial charge is 0.317 e. The van der Waals surface area contributed by atoms with Crippen molar-refractivity contribution in [3.05, 3.63) is 23.8 Å². The molecule has 4 amide bonds. The second-order valence-corrected chi connectivity index (χ2v) is 10.9. The number of urea groups is 1. The van der Waals surface area contributed by atoms with Crippen molar-refractivity contribution < 1.29 is 14.4 Å². The van der Waals surface area contributed by atoms with Gasteiger partial charge in [-0.3, -0.25) is 9.59 Å². The zero-order valence-corrected chi connectivity index (χ0v) is 20.9. The van der Waals surface area contributed by atoms with Gasteiger partial charge in [-0.1, -0.05) is 12.8 Å². The molecule has 0 atom stereocenters. The first-order valence-corrected chi connectivity index (χ1v) is 12.8. The summed E-state index contributed by atoms with van der Waals surface area (Å²) in [6.07, 6.45) is 6.15. The average molecular weight is 470 g/mol. The monoisotopic (exact) mass is 469 g/mol. The normalized spacial score (nSPS) is 19.4. The van der Waals surface area contributed by atoms with Crippen LogP contribution in [0.25, 0.3) is 0 Å². The number of likely N-dealkylation sites (tertiary alicyclic amines) is 1. The van der Waals surface area contributed by atoms with Crippen LogP contribution < -0.4 is 15.5 Å². The predicted molar refractivity (Wildman–Crippen MR) is 134 cm³/mol. The molecule has 2 aliphatic heterocycles. The van der Waals surface area contributed by atoms with E-state index in [1.807, 2.05) is 48.8 Å². The van der Waals surface area contributed by atoms with Gasteiger partial charge < -0.3 is 25.3 Å². The van der Waals surface area contributed by atoms with Gasteiger partial charge in [-0.25, -0.2) is 4.79 Å². The molecule has 0 aromatic heterocycles. The van der Waals surface area contributed by atoms with Gasteiger partial charge in [0.1, 0.15) is 0 Å². The van der Waals surface area contributed by atoms with Crippen LogP contribution in [0.4, 0.5) is 16.2 Å². The van der Waals surface area contributed by atoms with Gasteiger partial charge in [0, 0.05) is 62.1 Å². The molecule has 34 heavy (non-hydrogen) atoms. The van der Waals surface area contributed by atoms with Gasteiger partial charge >= 0.3 is 6.03 Å². The van der Waals surface area contributed by atoms with Crippen molar-refractivity contribution in [1.82, 2.24) is 15.1 Å². The summed E-state index contributed by atoms with van der Waals surface area (Å²) in [5.74, 6) is 0.158. The second kappa shape index (κ2) is 10.2. The molecule has 3 fully saturated rings. The van der Waals surface area contributed by atoms with Crippen LogP contribution >= 0.6 is 0 Å². The van der Waals surface area contributed by atoms with E-state index in [2.05, 4.69) is 15.5 Å². The summed E-state index contributed by atoms with van der Waals surface area (Å²) in [5, 5.41) is 6.08. The number of nitrogens with one attached hydrogen (secondary N) is 2. The molecule has 2 heterocycles. The van der Waals surface area contributed by atoms with E-state index in [1.165, 1.54) is 0 Å². The Hall–Kier alpha value is -2.77. The number of hydrogen-bond acceptors (Lipinski definition) is 4. The van der Waals surface area contributed by atoms with Crippen molar-refractivity contribution in [2.24, 2.45) is 5.92 Å². The molecule has 1 aromatic rings. The lowest BCUT2D eigenvalue weighted by Gasteiger charge is -2.38. The number of carbonyl (C=O) groups is 3. The van der Waals surface area contributed by atoms with E-state index in [-0.39, 0.29) is 29.3 Å². The van der Waals surface area contributed by atoms with E-state index in [1.54, 1.807) is 0 Å². The van der Waals surface area contributed by atoms with Crippen molar-refractivity contribution >= 4 is 29.2 Å². The Kier molecular flexibility index (Phi) is 7.33. The molecule has 4 rings (SSSR count). The molecule has 0 spiro atoms. The van der Waals surface area contributed by atoms with Crippen molar-refractivity contribution in [1.29, 1.82) is 0 Å². The number of benzene rings is 1. The summed E-state index contributed by atoms with van der Waals surface area (Å²) in [5.41, 5.74) is 1.93. The number of anilines is 2. The molecule has 0 bridgehead atoms. The van der Waals surface area contributed by atoms with Crippen molar-refractivity contribution in [3.63, 3.8) is 0 Å². The Bertz CT molecular complexity index is 906. The van der Waals surface area contributed by atoms with Gasteiger partial charge in [0.15, 0.2) is 0 Å². The van der Waals surface area contributed by atoms with Crippen molar-refractivity contribution in [2.45, 2.75) is 64.8 Å². The standard InChI is InChI=1S/C26H39N5O3/c1-26(2,3)28-25(34)31-16-14-29(15-17-31)22-11-10-20(27-23(32)19-8-4-5-9-19)18-21(22)24(33)30-12-6-7-13-30/h10-11,18-19H,4-9,12-17H2,1-3H3,(H,27,32)(H,28,34). The van der Waals surface area contributed by atoms with Gasteiger partial charge in [0.2, 0.25) is 5.91 Å². The average Bonchev–Trinajstić information content (AvgIpc) is 3.52. The van der Waals surface area contributed by atoms with Crippen LogP contribution in [0.3, 0.4) is 0 Å². The Morgan fingerprint density at radius 2 is 1.50 bits per heavy atom. The minimum atomic E-state index is -0.275. The molecular formula is C26H39N5O3. The highest BCUT2D eigenvalue weighted by atomic mass is 16.2. The Labute approximate surface area is 203 Å². The van der Waals surface area contributed by atoms with Gasteiger partial charge in [0.05, 0.1) is 5.56 Å². The quantitative estimate of drug-likeness (QED) is 0.705. The van der Waals surface area contributed by atoms with Crippen LogP contribution in [0, 0.1) is 5.92 Å². The van der Waals surface area contributed by atoms with Gasteiger partial charge in [0.25, 0.3) is 5.91 Å². The highest BCUT2D eigenvalue weighted by Crippen LogP contribution is 2.30. The highest BCUT2D eigenvalue weighted by molar-refractivity contribution is 6.02. The van der Waals surface area contributed by atoms with E-state index in [4.69, 9.17) is 0 Å². The maximum absolute atomic E-state index is 13.4. The van der Waals surface area contributed by atoms with Crippen LogP contribution in [0.1, 0.15) is 69.7 Å². The molecule has 0 radical (unpaired) electrons. The van der Waals surface area contributed by atoms with Gasteiger partial charge in [-0.2, -0.15) is 0 Å². The minimum absolute atomic E-state index is 0.0253. The summed E-state index contributed by atoms with van der Waals surface area (Å²) < 4.78 is 0. The van der Waals surface area contributed by atoms with E-state index in [0.717, 1.165) is 57.3 Å². The van der Waals surface area contributed by atoms with Crippen molar-refractivity contribution in [3.8, 4) is 0 Å². The lowest BCUT2D eigenvalue weighted by Crippen LogP contribution is -2.55. The SMILES string of the molecule is CC(C)(C)NC(=O)N1CCN(c2ccc(NC(=O)C3CCCC3)cc2C(=O)N2CCCC2)CC1. The highest BCUT2D eigenvalue weighted by Gasteiger charge is 2.29. The predicted octanol–water partition coefficient (Wildman–Crippen LogP) is 3.68. The lowest BCUT2D eigenvalue weighted by atomic mass is 10.1. The van der Waals surface area contributed by atoms with Crippen LogP contribution in [0.5, 0.6) is 0 Å². The molecular weight excluding hydrogens is 430 g/mol. The van der Waals surface area contributed by atoms with Crippen LogP contribution in [-0.2, 0) is 4.79 Å². The molecule has 1 aromatic carbocycles. The molecule has 1 aliphatic carbocycles. The first-order chi connectivity index (χ1) is 16.2.